The Morgan fingerprint density at radius 1 is 0.302 bits per heavy atom. The van der Waals surface area contributed by atoms with E-state index in [1.807, 2.05) is 0 Å². The third-order valence-electron chi connectivity index (χ3n) is 10.0. The highest BCUT2D eigenvalue weighted by molar-refractivity contribution is 6.18. The van der Waals surface area contributed by atoms with Gasteiger partial charge in [-0.3, -0.25) is 0 Å². The first kappa shape index (κ1) is 23.1. The summed E-state index contributed by atoms with van der Waals surface area (Å²) < 4.78 is 0. The minimum Gasteiger partial charge on any atom is -0.0619 e. The molecular weight excluding hydrogens is 516 g/mol. The van der Waals surface area contributed by atoms with E-state index in [0.29, 0.717) is 0 Å². The average molecular weight is 543 g/mol. The predicted molar refractivity (Wildman–Crippen MR) is 181 cm³/mol. The van der Waals surface area contributed by atoms with Gasteiger partial charge in [0.25, 0.3) is 0 Å². The Balaban J connectivity index is 1.49. The molecule has 0 amide bonds. The van der Waals surface area contributed by atoms with Crippen LogP contribution in [0.1, 0.15) is 22.3 Å². The molecule has 198 valence electrons. The van der Waals surface area contributed by atoms with E-state index in [-0.39, 0.29) is 0 Å². The number of hydrogen-bond acceptors (Lipinski definition) is 0. The lowest BCUT2D eigenvalue weighted by Gasteiger charge is -2.31. The quantitative estimate of drug-likeness (QED) is 0.181. The van der Waals surface area contributed by atoms with Gasteiger partial charge in [0, 0.05) is 0 Å². The van der Waals surface area contributed by atoms with Crippen LogP contribution < -0.4 is 0 Å². The van der Waals surface area contributed by atoms with Gasteiger partial charge in [0.15, 0.2) is 0 Å². The molecule has 0 aromatic heterocycles. The second kappa shape index (κ2) is 8.31. The van der Waals surface area contributed by atoms with Crippen LogP contribution in [-0.2, 0) is 5.41 Å². The zero-order valence-electron chi connectivity index (χ0n) is 23.5. The Morgan fingerprint density at radius 2 is 0.721 bits per heavy atom. The van der Waals surface area contributed by atoms with E-state index in [1.165, 1.54) is 88.0 Å². The second-order valence-electron chi connectivity index (χ2n) is 12.0. The van der Waals surface area contributed by atoms with Gasteiger partial charge in [0.05, 0.1) is 5.41 Å². The molecule has 0 atom stereocenters. The Bertz CT molecular complexity index is 2360. The molecule has 0 heteroatoms. The fourth-order valence-electron chi connectivity index (χ4n) is 8.48. The monoisotopic (exact) mass is 542 g/mol. The zero-order chi connectivity index (χ0) is 28.1. The molecule has 8 aromatic carbocycles. The van der Waals surface area contributed by atoms with Crippen LogP contribution in [0.3, 0.4) is 0 Å². The van der Waals surface area contributed by atoms with E-state index in [2.05, 4.69) is 158 Å². The van der Waals surface area contributed by atoms with Crippen LogP contribution in [0.25, 0.3) is 65.7 Å². The van der Waals surface area contributed by atoms with Crippen molar-refractivity contribution in [1.82, 2.24) is 0 Å². The van der Waals surface area contributed by atoms with Gasteiger partial charge in [-0.15, -0.1) is 0 Å². The van der Waals surface area contributed by atoms with E-state index in [9.17, 15) is 0 Å². The summed E-state index contributed by atoms with van der Waals surface area (Å²) >= 11 is 0. The zero-order valence-corrected chi connectivity index (χ0v) is 23.5. The Kier molecular flexibility index (Phi) is 4.47. The summed E-state index contributed by atoms with van der Waals surface area (Å²) in [5.74, 6) is 0. The van der Waals surface area contributed by atoms with Gasteiger partial charge in [-0.2, -0.15) is 0 Å². The third kappa shape index (κ3) is 2.81. The van der Waals surface area contributed by atoms with E-state index in [0.717, 1.165) is 0 Å². The summed E-state index contributed by atoms with van der Waals surface area (Å²) in [6.07, 6.45) is 0. The first-order valence-corrected chi connectivity index (χ1v) is 15.1. The largest absolute Gasteiger partial charge is 0.0731 e. The summed E-state index contributed by atoms with van der Waals surface area (Å²) in [6.45, 7) is 0. The predicted octanol–water partition coefficient (Wildman–Crippen LogP) is 11.2. The van der Waals surface area contributed by atoms with Crippen molar-refractivity contribution in [2.24, 2.45) is 0 Å². The highest BCUT2D eigenvalue weighted by Gasteiger charge is 2.53. The van der Waals surface area contributed by atoms with E-state index in [4.69, 9.17) is 0 Å². The van der Waals surface area contributed by atoms with Crippen molar-refractivity contribution in [3.63, 3.8) is 0 Å². The molecule has 0 unspecified atom stereocenters. The summed E-state index contributed by atoms with van der Waals surface area (Å²) in [4.78, 5) is 0. The van der Waals surface area contributed by atoms with E-state index >= 15 is 0 Å². The molecule has 1 spiro atoms. The molecule has 0 fully saturated rings. The fraction of sp³-hybridized carbons (Fsp3) is 0.0233. The SMILES string of the molecule is c1ccc2c(c1)-c1ccccc1C21c2ccccc2-c2c(-c3c4ccccc4cc4ccccc34)cc3ccccc3c21. The van der Waals surface area contributed by atoms with Crippen LogP contribution in [0.5, 0.6) is 0 Å². The van der Waals surface area contributed by atoms with Gasteiger partial charge in [0.1, 0.15) is 0 Å². The summed E-state index contributed by atoms with van der Waals surface area (Å²) in [5, 5.41) is 7.75. The average Bonchev–Trinajstić information content (AvgIpc) is 3.55. The molecule has 0 radical (unpaired) electrons. The lowest BCUT2D eigenvalue weighted by Crippen LogP contribution is -2.26. The highest BCUT2D eigenvalue weighted by Crippen LogP contribution is 2.65. The minimum atomic E-state index is -0.394. The van der Waals surface area contributed by atoms with Crippen molar-refractivity contribution in [2.45, 2.75) is 5.41 Å². The summed E-state index contributed by atoms with van der Waals surface area (Å²) in [6, 6.07) is 59.0. The molecule has 0 nitrogen and oxygen atoms in total. The molecule has 43 heavy (non-hydrogen) atoms. The molecule has 8 aromatic rings. The summed E-state index contributed by atoms with van der Waals surface area (Å²) in [5.41, 5.74) is 13.2. The molecule has 10 rings (SSSR count). The Labute approximate surface area is 250 Å². The van der Waals surface area contributed by atoms with Gasteiger partial charge in [-0.1, -0.05) is 146 Å². The Hall–Kier alpha value is -5.46. The standard InChI is InChI=1S/C43H26/c1-4-16-30-27(13-1)25-28-14-2-5-17-31(28)40(30)36-26-29-15-3-6-18-32(29)42-41(36)35-21-9-12-24-39(35)43(42)37-22-10-7-19-33(37)34-20-8-11-23-38(34)43/h1-26H. The lowest BCUT2D eigenvalue weighted by atomic mass is 9.69. The van der Waals surface area contributed by atoms with Gasteiger partial charge in [-0.05, 0) is 100 Å². The topological polar surface area (TPSA) is 0 Å². The number of fused-ring (bicyclic) bond motifs is 14. The van der Waals surface area contributed by atoms with Crippen molar-refractivity contribution in [3.05, 3.63) is 180 Å². The molecule has 2 aliphatic carbocycles. The number of benzene rings is 8. The lowest BCUT2D eigenvalue weighted by molar-refractivity contribution is 0.801. The van der Waals surface area contributed by atoms with Crippen molar-refractivity contribution in [1.29, 1.82) is 0 Å². The van der Waals surface area contributed by atoms with Gasteiger partial charge in [-0.25, -0.2) is 0 Å². The normalized spacial score (nSPS) is 13.8. The van der Waals surface area contributed by atoms with Crippen LogP contribution >= 0.6 is 0 Å². The molecule has 0 N–H and O–H groups in total. The smallest absolute Gasteiger partial charge is 0.0619 e. The number of hydrogen-bond donors (Lipinski definition) is 0. The van der Waals surface area contributed by atoms with Crippen molar-refractivity contribution in [2.75, 3.05) is 0 Å². The highest BCUT2D eigenvalue weighted by atomic mass is 14.5. The maximum absolute atomic E-state index is 2.46. The van der Waals surface area contributed by atoms with Gasteiger partial charge in [0.2, 0.25) is 0 Å². The summed E-state index contributed by atoms with van der Waals surface area (Å²) in [7, 11) is 0. The van der Waals surface area contributed by atoms with Crippen LogP contribution in [-0.4, -0.2) is 0 Å². The molecule has 0 aliphatic heterocycles. The van der Waals surface area contributed by atoms with Crippen LogP contribution in [0, 0.1) is 0 Å². The van der Waals surface area contributed by atoms with Crippen LogP contribution in [0.4, 0.5) is 0 Å². The van der Waals surface area contributed by atoms with Crippen molar-refractivity contribution >= 4 is 32.3 Å². The minimum absolute atomic E-state index is 0.394. The Morgan fingerprint density at radius 3 is 1.30 bits per heavy atom. The number of rotatable bonds is 1. The molecule has 0 saturated carbocycles. The first-order chi connectivity index (χ1) is 21.4. The van der Waals surface area contributed by atoms with E-state index in [1.54, 1.807) is 0 Å². The van der Waals surface area contributed by atoms with Gasteiger partial charge < -0.3 is 0 Å². The maximum Gasteiger partial charge on any atom is 0.0731 e. The van der Waals surface area contributed by atoms with Crippen LogP contribution in [0.2, 0.25) is 0 Å². The molecule has 0 saturated heterocycles. The van der Waals surface area contributed by atoms with Crippen LogP contribution in [0.15, 0.2) is 158 Å². The third-order valence-corrected chi connectivity index (χ3v) is 10.0. The van der Waals surface area contributed by atoms with Gasteiger partial charge >= 0.3 is 0 Å². The molecule has 2 aliphatic rings. The second-order valence-corrected chi connectivity index (χ2v) is 12.0. The fourth-order valence-corrected chi connectivity index (χ4v) is 8.48. The van der Waals surface area contributed by atoms with E-state index < -0.39 is 5.41 Å². The molecular formula is C43H26. The molecule has 0 bridgehead atoms. The van der Waals surface area contributed by atoms with Crippen molar-refractivity contribution in [3.8, 4) is 33.4 Å². The maximum atomic E-state index is 2.46. The van der Waals surface area contributed by atoms with Crippen molar-refractivity contribution < 1.29 is 0 Å². The first-order valence-electron chi connectivity index (χ1n) is 15.1. The molecule has 0 heterocycles.